The Balaban J connectivity index is 1.47. The van der Waals surface area contributed by atoms with Crippen molar-refractivity contribution >= 4 is 45.7 Å². The molecule has 1 aliphatic carbocycles. The first-order valence-electron chi connectivity index (χ1n) is 8.53. The van der Waals surface area contributed by atoms with Gasteiger partial charge in [-0.25, -0.2) is 8.78 Å². The minimum absolute atomic E-state index is 0.0119. The molecule has 1 saturated carbocycles. The molecule has 1 heterocycles. The molecule has 6 nitrogen and oxygen atoms in total. The van der Waals surface area contributed by atoms with Crippen molar-refractivity contribution in [3.8, 4) is 0 Å². The first kappa shape index (κ1) is 19.7. The number of nitrogens with zero attached hydrogens (tertiary/aromatic N) is 2. The van der Waals surface area contributed by atoms with Crippen molar-refractivity contribution in [1.82, 2.24) is 10.2 Å². The highest BCUT2D eigenvalue weighted by Gasteiger charge is 2.22. The van der Waals surface area contributed by atoms with Crippen LogP contribution in [0.15, 0.2) is 22.5 Å². The van der Waals surface area contributed by atoms with Gasteiger partial charge in [0.05, 0.1) is 11.4 Å². The number of benzene rings is 1. The molecule has 0 radical (unpaired) electrons. The molecular weight excluding hydrogens is 394 g/mol. The molecule has 0 atom stereocenters. The maximum atomic E-state index is 13.5. The van der Waals surface area contributed by atoms with E-state index in [-0.39, 0.29) is 23.3 Å². The third kappa shape index (κ3) is 5.70. The predicted molar refractivity (Wildman–Crippen MR) is 101 cm³/mol. The summed E-state index contributed by atoms with van der Waals surface area (Å²) >= 11 is 2.31. The third-order valence-corrected chi connectivity index (χ3v) is 6.12. The van der Waals surface area contributed by atoms with Crippen LogP contribution in [-0.2, 0) is 9.59 Å². The first-order valence-corrected chi connectivity index (χ1v) is 10.3. The number of aromatic nitrogens is 2. The lowest BCUT2D eigenvalue weighted by Crippen LogP contribution is -2.24. The largest absolute Gasteiger partial charge is 0.323 e. The molecule has 2 amide bonds. The molecule has 1 aromatic carbocycles. The van der Waals surface area contributed by atoms with E-state index in [1.165, 1.54) is 17.8 Å². The van der Waals surface area contributed by atoms with Gasteiger partial charge in [-0.1, -0.05) is 42.4 Å². The fraction of sp³-hybridized carbons (Fsp3) is 0.412. The molecule has 2 N–H and O–H groups in total. The number of hydrogen-bond donors (Lipinski definition) is 2. The molecule has 3 rings (SSSR count). The van der Waals surface area contributed by atoms with Gasteiger partial charge in [0.25, 0.3) is 0 Å². The SMILES string of the molecule is O=C(CSc1nnc(NC(=O)C2CCCCC2)s1)Nc1ccc(F)cc1F. The topological polar surface area (TPSA) is 84.0 Å². The summed E-state index contributed by atoms with van der Waals surface area (Å²) in [6.07, 6.45) is 5.10. The normalized spacial score (nSPS) is 14.7. The molecule has 1 aliphatic rings. The van der Waals surface area contributed by atoms with Crippen LogP contribution in [0.4, 0.5) is 19.6 Å². The number of carbonyl (C=O) groups excluding carboxylic acids is 2. The number of halogens is 2. The molecule has 10 heteroatoms. The van der Waals surface area contributed by atoms with Crippen molar-refractivity contribution in [2.45, 2.75) is 36.4 Å². The minimum atomic E-state index is -0.836. The Bertz CT molecular complexity index is 825. The van der Waals surface area contributed by atoms with Gasteiger partial charge in [-0.2, -0.15) is 0 Å². The minimum Gasteiger partial charge on any atom is -0.323 e. The average molecular weight is 412 g/mol. The maximum Gasteiger partial charge on any atom is 0.234 e. The molecular formula is C17H18F2N4O2S2. The van der Waals surface area contributed by atoms with E-state index in [0.717, 1.165) is 49.6 Å². The van der Waals surface area contributed by atoms with E-state index in [9.17, 15) is 18.4 Å². The number of thioether (sulfide) groups is 1. The van der Waals surface area contributed by atoms with Crippen LogP contribution in [0.3, 0.4) is 0 Å². The second-order valence-electron chi connectivity index (χ2n) is 6.16. The van der Waals surface area contributed by atoms with Gasteiger partial charge in [0.2, 0.25) is 16.9 Å². The predicted octanol–water partition coefficient (Wildman–Crippen LogP) is 4.07. The summed E-state index contributed by atoms with van der Waals surface area (Å²) in [5.41, 5.74) is -0.0836. The zero-order valence-electron chi connectivity index (χ0n) is 14.3. The van der Waals surface area contributed by atoms with Gasteiger partial charge in [0.15, 0.2) is 4.34 Å². The van der Waals surface area contributed by atoms with Crippen molar-refractivity contribution in [2.75, 3.05) is 16.4 Å². The van der Waals surface area contributed by atoms with E-state index in [2.05, 4.69) is 20.8 Å². The second-order valence-corrected chi connectivity index (χ2v) is 8.36. The number of carbonyl (C=O) groups is 2. The molecule has 1 fully saturated rings. The van der Waals surface area contributed by atoms with Crippen LogP contribution in [-0.4, -0.2) is 27.8 Å². The lowest BCUT2D eigenvalue weighted by Gasteiger charge is -2.19. The molecule has 0 bridgehead atoms. The van der Waals surface area contributed by atoms with Crippen LogP contribution < -0.4 is 10.6 Å². The molecule has 27 heavy (non-hydrogen) atoms. The van der Waals surface area contributed by atoms with Crippen LogP contribution in [0, 0.1) is 17.6 Å². The van der Waals surface area contributed by atoms with Crippen LogP contribution in [0.5, 0.6) is 0 Å². The Kier molecular flexibility index (Phi) is 6.73. The van der Waals surface area contributed by atoms with Crippen molar-refractivity contribution in [3.63, 3.8) is 0 Å². The standard InChI is InChI=1S/C17H18F2N4O2S2/c18-11-6-7-13(12(19)8-11)20-14(24)9-26-17-23-22-16(27-17)21-15(25)10-4-2-1-3-5-10/h6-8,10H,1-5,9H2,(H,20,24)(H,21,22,25). The van der Waals surface area contributed by atoms with E-state index in [1.54, 1.807) is 0 Å². The van der Waals surface area contributed by atoms with Gasteiger partial charge in [-0.3, -0.25) is 9.59 Å². The van der Waals surface area contributed by atoms with Crippen LogP contribution >= 0.6 is 23.1 Å². The molecule has 0 aliphatic heterocycles. The quantitative estimate of drug-likeness (QED) is 0.552. The molecule has 0 spiro atoms. The fourth-order valence-electron chi connectivity index (χ4n) is 2.80. The van der Waals surface area contributed by atoms with E-state index >= 15 is 0 Å². The summed E-state index contributed by atoms with van der Waals surface area (Å²) in [6.45, 7) is 0. The lowest BCUT2D eigenvalue weighted by atomic mass is 9.89. The summed E-state index contributed by atoms with van der Waals surface area (Å²) in [7, 11) is 0. The zero-order valence-corrected chi connectivity index (χ0v) is 16.0. The van der Waals surface area contributed by atoms with Gasteiger partial charge in [0, 0.05) is 12.0 Å². The average Bonchev–Trinajstić information content (AvgIpc) is 3.10. The van der Waals surface area contributed by atoms with Crippen LogP contribution in [0.1, 0.15) is 32.1 Å². The summed E-state index contributed by atoms with van der Waals surface area (Å²) in [4.78, 5) is 24.1. The van der Waals surface area contributed by atoms with Gasteiger partial charge in [0.1, 0.15) is 11.6 Å². The Morgan fingerprint density at radius 3 is 2.67 bits per heavy atom. The van der Waals surface area contributed by atoms with Gasteiger partial charge in [-0.05, 0) is 25.0 Å². The van der Waals surface area contributed by atoms with Crippen molar-refractivity contribution in [1.29, 1.82) is 0 Å². The summed E-state index contributed by atoms with van der Waals surface area (Å²) in [5, 5.41) is 13.4. The number of rotatable bonds is 6. The fourth-order valence-corrected chi connectivity index (χ4v) is 4.35. The number of amides is 2. The Hall–Kier alpha value is -2.07. The highest BCUT2D eigenvalue weighted by Crippen LogP contribution is 2.28. The molecule has 144 valence electrons. The van der Waals surface area contributed by atoms with Gasteiger partial charge in [-0.15, -0.1) is 10.2 Å². The maximum absolute atomic E-state index is 13.5. The lowest BCUT2D eigenvalue weighted by molar-refractivity contribution is -0.120. The summed E-state index contributed by atoms with van der Waals surface area (Å²) < 4.78 is 26.9. The highest BCUT2D eigenvalue weighted by atomic mass is 32.2. The van der Waals surface area contributed by atoms with Crippen molar-refractivity contribution < 1.29 is 18.4 Å². The zero-order chi connectivity index (χ0) is 19.2. The van der Waals surface area contributed by atoms with Crippen LogP contribution in [0.25, 0.3) is 0 Å². The Morgan fingerprint density at radius 2 is 1.93 bits per heavy atom. The van der Waals surface area contributed by atoms with Gasteiger partial charge < -0.3 is 10.6 Å². The van der Waals surface area contributed by atoms with E-state index in [4.69, 9.17) is 0 Å². The van der Waals surface area contributed by atoms with E-state index in [1.807, 2.05) is 0 Å². The van der Waals surface area contributed by atoms with Crippen molar-refractivity contribution in [3.05, 3.63) is 29.8 Å². The number of anilines is 2. The summed E-state index contributed by atoms with van der Waals surface area (Å²) in [5.74, 6) is -2.02. The second kappa shape index (κ2) is 9.23. The van der Waals surface area contributed by atoms with E-state index in [0.29, 0.717) is 15.5 Å². The Morgan fingerprint density at radius 1 is 1.15 bits per heavy atom. The van der Waals surface area contributed by atoms with Crippen LogP contribution in [0.2, 0.25) is 0 Å². The summed E-state index contributed by atoms with van der Waals surface area (Å²) in [6, 6.07) is 2.93. The third-order valence-electron chi connectivity index (χ3n) is 4.14. The highest BCUT2D eigenvalue weighted by molar-refractivity contribution is 8.01. The first-order chi connectivity index (χ1) is 13.0. The molecule has 0 saturated heterocycles. The van der Waals surface area contributed by atoms with Gasteiger partial charge >= 0.3 is 0 Å². The number of nitrogens with one attached hydrogen (secondary N) is 2. The molecule has 0 unspecified atom stereocenters. The molecule has 2 aromatic rings. The molecule has 1 aromatic heterocycles. The monoisotopic (exact) mass is 412 g/mol. The van der Waals surface area contributed by atoms with Crippen molar-refractivity contribution in [2.24, 2.45) is 5.92 Å². The number of hydrogen-bond acceptors (Lipinski definition) is 6. The smallest absolute Gasteiger partial charge is 0.234 e. The van der Waals surface area contributed by atoms with E-state index < -0.39 is 17.5 Å². The Labute approximate surface area is 163 Å².